The average molecular weight is 489 g/mol. The Hall–Kier alpha value is -2.27. The number of anilines is 1. The van der Waals surface area contributed by atoms with Gasteiger partial charge >= 0.3 is 0 Å². The minimum absolute atomic E-state index is 0.00472. The van der Waals surface area contributed by atoms with Crippen LogP contribution in [0.15, 0.2) is 34.1 Å². The van der Waals surface area contributed by atoms with E-state index in [0.29, 0.717) is 52.6 Å². The van der Waals surface area contributed by atoms with Gasteiger partial charge in [-0.3, -0.25) is 18.9 Å². The first-order valence-corrected chi connectivity index (χ1v) is 12.4. The molecule has 2 aliphatic rings. The van der Waals surface area contributed by atoms with Gasteiger partial charge in [-0.15, -0.1) is 0 Å². The lowest BCUT2D eigenvalue weighted by Gasteiger charge is -2.18. The molecule has 0 aliphatic carbocycles. The lowest BCUT2D eigenvalue weighted by Crippen LogP contribution is -2.35. The highest BCUT2D eigenvalue weighted by atomic mass is 32.2. The van der Waals surface area contributed by atoms with E-state index in [1.807, 2.05) is 19.9 Å². The molecule has 2 aliphatic heterocycles. The normalized spacial score (nSPS) is 20.0. The van der Waals surface area contributed by atoms with Gasteiger partial charge in [0.1, 0.15) is 15.8 Å². The molecule has 10 heteroatoms. The van der Waals surface area contributed by atoms with Crippen molar-refractivity contribution >= 4 is 51.7 Å². The number of hydrogen-bond acceptors (Lipinski definition) is 8. The molecule has 1 amide bonds. The molecule has 2 fully saturated rings. The Kier molecular flexibility index (Phi) is 7.79. The van der Waals surface area contributed by atoms with Crippen LogP contribution < -0.4 is 10.9 Å². The number of amides is 1. The molecule has 2 saturated heterocycles. The molecule has 0 radical (unpaired) electrons. The number of rotatable bonds is 9. The number of nitrogens with zero attached hydrogens (tertiary/aromatic N) is 3. The standard InChI is InChI=1S/C23H28N4O4S2/c1-15(2)30-12-6-9-24-20-17(21(28)26-10-4-3-8-19(26)25-20)13-18-22(29)27(23(32)33-18)14-16-7-5-11-31-16/h3-4,8,10,13,15-16,24H,5-7,9,11-12,14H2,1-2H3/b18-13-/t16-/m1/s1. The molecule has 0 saturated carbocycles. The summed E-state index contributed by atoms with van der Waals surface area (Å²) in [6.45, 7) is 6.33. The second-order valence-corrected chi connectivity index (χ2v) is 9.91. The number of thioether (sulfide) groups is 1. The van der Waals surface area contributed by atoms with Crippen molar-refractivity contribution in [2.45, 2.75) is 45.3 Å². The summed E-state index contributed by atoms with van der Waals surface area (Å²) in [7, 11) is 0. The number of carbonyl (C=O) groups excluding carboxylic acids is 1. The summed E-state index contributed by atoms with van der Waals surface area (Å²) >= 11 is 6.66. The molecular formula is C23H28N4O4S2. The maximum absolute atomic E-state index is 13.3. The average Bonchev–Trinajstić information content (AvgIpc) is 3.40. The van der Waals surface area contributed by atoms with E-state index < -0.39 is 0 Å². The van der Waals surface area contributed by atoms with Crippen molar-refractivity contribution in [1.82, 2.24) is 14.3 Å². The molecule has 1 N–H and O–H groups in total. The van der Waals surface area contributed by atoms with Crippen LogP contribution >= 0.6 is 24.0 Å². The molecule has 0 bridgehead atoms. The van der Waals surface area contributed by atoms with Crippen molar-refractivity contribution in [3.63, 3.8) is 0 Å². The largest absolute Gasteiger partial charge is 0.379 e. The maximum Gasteiger partial charge on any atom is 0.267 e. The van der Waals surface area contributed by atoms with Crippen LogP contribution in [0.3, 0.4) is 0 Å². The number of thiocarbonyl (C=S) groups is 1. The molecule has 2 aromatic heterocycles. The zero-order chi connectivity index (χ0) is 23.4. The summed E-state index contributed by atoms with van der Waals surface area (Å²) < 4.78 is 13.2. The number of hydrogen-bond donors (Lipinski definition) is 1. The van der Waals surface area contributed by atoms with Gasteiger partial charge in [-0.1, -0.05) is 30.0 Å². The quantitative estimate of drug-likeness (QED) is 0.327. The predicted octanol–water partition coefficient (Wildman–Crippen LogP) is 3.30. The van der Waals surface area contributed by atoms with Gasteiger partial charge in [-0.25, -0.2) is 4.98 Å². The second-order valence-electron chi connectivity index (χ2n) is 8.24. The van der Waals surface area contributed by atoms with Gasteiger partial charge in [0.25, 0.3) is 11.5 Å². The fraction of sp³-hybridized carbons (Fsp3) is 0.478. The molecule has 4 rings (SSSR count). The highest BCUT2D eigenvalue weighted by Gasteiger charge is 2.35. The smallest absolute Gasteiger partial charge is 0.267 e. The Morgan fingerprint density at radius 2 is 2.24 bits per heavy atom. The third kappa shape index (κ3) is 5.63. The molecule has 2 aromatic rings. The number of pyridine rings is 1. The van der Waals surface area contributed by atoms with Gasteiger partial charge in [0.15, 0.2) is 0 Å². The first-order chi connectivity index (χ1) is 15.9. The van der Waals surface area contributed by atoms with Crippen molar-refractivity contribution in [2.24, 2.45) is 0 Å². The number of ether oxygens (including phenoxy) is 2. The number of carbonyl (C=O) groups is 1. The number of fused-ring (bicyclic) bond motifs is 1. The Morgan fingerprint density at radius 3 is 3.00 bits per heavy atom. The molecule has 0 aromatic carbocycles. The van der Waals surface area contributed by atoms with Crippen LogP contribution in [0, 0.1) is 0 Å². The van der Waals surface area contributed by atoms with E-state index in [4.69, 9.17) is 21.7 Å². The summed E-state index contributed by atoms with van der Waals surface area (Å²) in [5, 5.41) is 3.25. The lowest BCUT2D eigenvalue weighted by molar-refractivity contribution is -0.123. The van der Waals surface area contributed by atoms with E-state index in [1.54, 1.807) is 29.3 Å². The topological polar surface area (TPSA) is 85.2 Å². The molecule has 176 valence electrons. The van der Waals surface area contributed by atoms with E-state index in [-0.39, 0.29) is 23.7 Å². The summed E-state index contributed by atoms with van der Waals surface area (Å²) in [6, 6.07) is 5.38. The number of aromatic nitrogens is 2. The van der Waals surface area contributed by atoms with Crippen LogP contribution in [0.4, 0.5) is 5.82 Å². The van der Waals surface area contributed by atoms with Crippen LogP contribution in [-0.2, 0) is 14.3 Å². The van der Waals surface area contributed by atoms with Crippen LogP contribution in [0.1, 0.15) is 38.7 Å². The summed E-state index contributed by atoms with van der Waals surface area (Å²) in [4.78, 5) is 33.0. The van der Waals surface area contributed by atoms with Gasteiger partial charge in [-0.05, 0) is 51.3 Å². The first kappa shape index (κ1) is 23.9. The van der Waals surface area contributed by atoms with E-state index in [2.05, 4.69) is 10.3 Å². The molecular weight excluding hydrogens is 460 g/mol. The van der Waals surface area contributed by atoms with Crippen molar-refractivity contribution in [3.8, 4) is 0 Å². The van der Waals surface area contributed by atoms with Gasteiger partial charge in [0.05, 0.1) is 29.2 Å². The van der Waals surface area contributed by atoms with Gasteiger partial charge < -0.3 is 14.8 Å². The Labute approximate surface area is 202 Å². The molecule has 1 atom stereocenters. The zero-order valence-corrected chi connectivity index (χ0v) is 20.4. The van der Waals surface area contributed by atoms with Gasteiger partial charge in [-0.2, -0.15) is 0 Å². The van der Waals surface area contributed by atoms with Crippen molar-refractivity contribution < 1.29 is 14.3 Å². The fourth-order valence-electron chi connectivity index (χ4n) is 3.75. The minimum atomic E-state index is -0.245. The molecule has 4 heterocycles. The SMILES string of the molecule is CC(C)OCCCNc1nc2ccccn2c(=O)c1/C=C1\SC(=S)N(C[C@H]2CCCO2)C1=O. The van der Waals surface area contributed by atoms with Crippen molar-refractivity contribution in [1.29, 1.82) is 0 Å². The summed E-state index contributed by atoms with van der Waals surface area (Å²) in [6.07, 6.45) is 6.12. The Balaban J connectivity index is 1.60. The molecule has 0 spiro atoms. The van der Waals surface area contributed by atoms with Crippen molar-refractivity contribution in [3.05, 3.63) is 45.2 Å². The first-order valence-electron chi connectivity index (χ1n) is 11.2. The third-order valence-corrected chi connectivity index (χ3v) is 6.77. The molecule has 33 heavy (non-hydrogen) atoms. The summed E-state index contributed by atoms with van der Waals surface area (Å²) in [5.41, 5.74) is 0.624. The van der Waals surface area contributed by atoms with E-state index in [9.17, 15) is 9.59 Å². The Bertz CT molecular complexity index is 1130. The van der Waals surface area contributed by atoms with E-state index in [1.165, 1.54) is 16.2 Å². The van der Waals surface area contributed by atoms with Crippen LogP contribution in [0.5, 0.6) is 0 Å². The van der Waals surface area contributed by atoms with Gasteiger partial charge in [0, 0.05) is 26.0 Å². The van der Waals surface area contributed by atoms with Gasteiger partial charge in [0.2, 0.25) is 0 Å². The second kappa shape index (κ2) is 10.8. The fourth-order valence-corrected chi connectivity index (χ4v) is 5.00. The minimum Gasteiger partial charge on any atom is -0.379 e. The molecule has 0 unspecified atom stereocenters. The predicted molar refractivity (Wildman–Crippen MR) is 135 cm³/mol. The van der Waals surface area contributed by atoms with Crippen LogP contribution in [0.25, 0.3) is 11.7 Å². The summed E-state index contributed by atoms with van der Waals surface area (Å²) in [5.74, 6) is 0.245. The highest BCUT2D eigenvalue weighted by Crippen LogP contribution is 2.34. The lowest BCUT2D eigenvalue weighted by atomic mass is 10.2. The monoisotopic (exact) mass is 488 g/mol. The Morgan fingerprint density at radius 1 is 1.39 bits per heavy atom. The zero-order valence-electron chi connectivity index (χ0n) is 18.8. The van der Waals surface area contributed by atoms with Crippen LogP contribution in [-0.4, -0.2) is 63.0 Å². The van der Waals surface area contributed by atoms with Crippen molar-refractivity contribution in [2.75, 3.05) is 31.6 Å². The van der Waals surface area contributed by atoms with Crippen LogP contribution in [0.2, 0.25) is 0 Å². The maximum atomic E-state index is 13.3. The third-order valence-electron chi connectivity index (χ3n) is 5.39. The number of nitrogens with one attached hydrogen (secondary N) is 1. The highest BCUT2D eigenvalue weighted by molar-refractivity contribution is 8.26. The molecule has 8 nitrogen and oxygen atoms in total. The van der Waals surface area contributed by atoms with E-state index >= 15 is 0 Å². The van der Waals surface area contributed by atoms with E-state index in [0.717, 1.165) is 19.3 Å².